The van der Waals surface area contributed by atoms with E-state index in [1.54, 1.807) is 6.07 Å². The number of para-hydroxylation sites is 1. The summed E-state index contributed by atoms with van der Waals surface area (Å²) in [6.07, 6.45) is 2.11. The number of carbonyl (C=O) groups excluding carboxylic acids is 1. The number of nitrogens with zero attached hydrogens (tertiary/aromatic N) is 1. The molecule has 1 aliphatic heterocycles. The maximum absolute atomic E-state index is 13.7. The monoisotopic (exact) mass is 284 g/mol. The summed E-state index contributed by atoms with van der Waals surface area (Å²) in [5, 5.41) is 0. The summed E-state index contributed by atoms with van der Waals surface area (Å²) in [4.78, 5) is 15.0. The molecule has 5 heteroatoms. The molecular formula is C14H18ClFN2O. The molecule has 1 aromatic carbocycles. The number of piperazine rings is 1. The average molecular weight is 285 g/mol. The molecule has 1 N–H and O–H groups in total. The number of carbonyl (C=O) groups is 1. The quantitative estimate of drug-likeness (QED) is 0.644. The summed E-state index contributed by atoms with van der Waals surface area (Å²) in [6, 6.07) is 6.92. The average Bonchev–Trinajstić information content (AvgIpc) is 3.23. The van der Waals surface area contributed by atoms with Crippen molar-refractivity contribution in [2.75, 3.05) is 26.2 Å². The second-order valence-electron chi connectivity index (χ2n) is 5.18. The summed E-state index contributed by atoms with van der Waals surface area (Å²) in [5.74, 6) is 0.456. The Morgan fingerprint density at radius 3 is 2.42 bits per heavy atom. The van der Waals surface area contributed by atoms with Gasteiger partial charge in [-0.2, -0.15) is 0 Å². The highest BCUT2D eigenvalue weighted by molar-refractivity contribution is 5.81. The van der Waals surface area contributed by atoms with Gasteiger partial charge in [-0.1, -0.05) is 12.1 Å². The lowest BCUT2D eigenvalue weighted by molar-refractivity contribution is -0.838. The summed E-state index contributed by atoms with van der Waals surface area (Å²) in [5.41, 5.74) is 0.732. The largest absolute Gasteiger partial charge is 1.00 e. The van der Waals surface area contributed by atoms with Crippen LogP contribution >= 0.6 is 0 Å². The van der Waals surface area contributed by atoms with Gasteiger partial charge in [-0.3, -0.25) is 9.69 Å². The van der Waals surface area contributed by atoms with Crippen LogP contribution in [0.1, 0.15) is 12.8 Å². The standard InChI is InChI=1S/C14H17FN2O.ClH/c15-12-3-1-2-4-13(12)16-7-9-17(10-8-16)14(18)11-5-6-11;/h1-4,11H,5-10H2;1H. The number of rotatable bonds is 2. The highest BCUT2D eigenvalue weighted by atomic mass is 35.5. The zero-order valence-electron chi connectivity index (χ0n) is 10.7. The Morgan fingerprint density at radius 2 is 1.84 bits per heavy atom. The molecule has 0 aromatic heterocycles. The molecule has 2 aliphatic rings. The van der Waals surface area contributed by atoms with Crippen LogP contribution in [0.25, 0.3) is 0 Å². The van der Waals surface area contributed by atoms with Gasteiger partial charge in [0.2, 0.25) is 5.91 Å². The Labute approximate surface area is 118 Å². The van der Waals surface area contributed by atoms with Crippen LogP contribution in [0.3, 0.4) is 0 Å². The van der Waals surface area contributed by atoms with E-state index >= 15 is 0 Å². The van der Waals surface area contributed by atoms with E-state index in [-0.39, 0.29) is 18.2 Å². The van der Waals surface area contributed by atoms with Crippen LogP contribution in [0, 0.1) is 11.7 Å². The van der Waals surface area contributed by atoms with E-state index in [2.05, 4.69) is 0 Å². The topological polar surface area (TPSA) is 24.8 Å². The SMILES string of the molecule is O=C(C1CC1)N1CC[NH+](c2ccccc2F)CC1.[Cl-]. The molecule has 1 amide bonds. The molecule has 0 atom stereocenters. The Kier molecular flexibility index (Phi) is 4.42. The van der Waals surface area contributed by atoms with Crippen molar-refractivity contribution in [3.8, 4) is 0 Å². The molecule has 1 aromatic rings. The number of hydrogen-bond acceptors (Lipinski definition) is 1. The Hall–Kier alpha value is -1.13. The first kappa shape index (κ1) is 14.3. The fourth-order valence-corrected chi connectivity index (χ4v) is 2.60. The third-order valence-corrected chi connectivity index (χ3v) is 3.86. The molecule has 104 valence electrons. The van der Waals surface area contributed by atoms with Gasteiger partial charge in [0.1, 0.15) is 0 Å². The van der Waals surface area contributed by atoms with Crippen molar-refractivity contribution in [1.29, 1.82) is 0 Å². The van der Waals surface area contributed by atoms with Gasteiger partial charge in [0, 0.05) is 12.0 Å². The number of nitrogens with one attached hydrogen (secondary N) is 1. The Morgan fingerprint density at radius 1 is 1.21 bits per heavy atom. The first-order valence-electron chi connectivity index (χ1n) is 6.64. The van der Waals surface area contributed by atoms with Gasteiger partial charge in [0.25, 0.3) is 0 Å². The molecule has 3 rings (SSSR count). The fourth-order valence-electron chi connectivity index (χ4n) is 2.60. The van der Waals surface area contributed by atoms with Gasteiger partial charge < -0.3 is 17.3 Å². The van der Waals surface area contributed by atoms with E-state index in [0.717, 1.165) is 49.6 Å². The number of hydrogen-bond donors (Lipinski definition) is 1. The summed E-state index contributed by atoms with van der Waals surface area (Å²) >= 11 is 0. The van der Waals surface area contributed by atoms with Crippen molar-refractivity contribution in [1.82, 2.24) is 4.90 Å². The smallest absolute Gasteiger partial charge is 0.226 e. The molecule has 2 fully saturated rings. The van der Waals surface area contributed by atoms with Gasteiger partial charge in [-0.05, 0) is 18.9 Å². The van der Waals surface area contributed by atoms with Gasteiger partial charge in [0.15, 0.2) is 11.5 Å². The van der Waals surface area contributed by atoms with Crippen LogP contribution in [0.4, 0.5) is 10.1 Å². The predicted octanol–water partition coefficient (Wildman–Crippen LogP) is -2.40. The van der Waals surface area contributed by atoms with E-state index < -0.39 is 0 Å². The third kappa shape index (κ3) is 3.07. The van der Waals surface area contributed by atoms with E-state index in [0.29, 0.717) is 11.8 Å². The highest BCUT2D eigenvalue weighted by Crippen LogP contribution is 2.30. The van der Waals surface area contributed by atoms with Gasteiger partial charge >= 0.3 is 0 Å². The van der Waals surface area contributed by atoms with Crippen molar-refractivity contribution in [3.05, 3.63) is 30.1 Å². The summed E-state index contributed by atoms with van der Waals surface area (Å²) in [7, 11) is 0. The zero-order valence-corrected chi connectivity index (χ0v) is 11.5. The van der Waals surface area contributed by atoms with E-state index in [4.69, 9.17) is 0 Å². The molecule has 0 spiro atoms. The maximum atomic E-state index is 13.7. The fraction of sp³-hybridized carbons (Fsp3) is 0.500. The minimum atomic E-state index is -0.144. The molecule has 1 saturated heterocycles. The van der Waals surface area contributed by atoms with Gasteiger partial charge in [-0.15, -0.1) is 0 Å². The third-order valence-electron chi connectivity index (χ3n) is 3.86. The normalized spacial score (nSPS) is 19.9. The van der Waals surface area contributed by atoms with E-state index in [1.165, 1.54) is 6.07 Å². The molecule has 3 nitrogen and oxygen atoms in total. The van der Waals surface area contributed by atoms with E-state index in [1.807, 2.05) is 17.0 Å². The molecule has 1 heterocycles. The van der Waals surface area contributed by atoms with Crippen LogP contribution in [0.5, 0.6) is 0 Å². The maximum Gasteiger partial charge on any atom is 0.226 e. The van der Waals surface area contributed by atoms with Crippen LogP contribution in [-0.2, 0) is 4.79 Å². The van der Waals surface area contributed by atoms with Crippen molar-refractivity contribution in [2.45, 2.75) is 12.8 Å². The van der Waals surface area contributed by atoms with Crippen molar-refractivity contribution in [2.24, 2.45) is 5.92 Å². The van der Waals surface area contributed by atoms with Gasteiger partial charge in [0.05, 0.1) is 26.2 Å². The number of quaternary nitrogens is 1. The Bertz CT molecular complexity index is 457. The highest BCUT2D eigenvalue weighted by Gasteiger charge is 2.35. The predicted molar refractivity (Wildman–Crippen MR) is 66.1 cm³/mol. The second kappa shape index (κ2) is 5.88. The molecule has 0 unspecified atom stereocenters. The lowest BCUT2D eigenvalue weighted by atomic mass is 10.2. The zero-order chi connectivity index (χ0) is 12.5. The molecule has 0 radical (unpaired) electrons. The Balaban J connectivity index is 0.00000133. The number of halogens is 2. The lowest BCUT2D eigenvalue weighted by Gasteiger charge is -2.32. The van der Waals surface area contributed by atoms with Crippen LogP contribution in [0.15, 0.2) is 24.3 Å². The first-order chi connectivity index (χ1) is 8.75. The molecule has 19 heavy (non-hydrogen) atoms. The molecule has 0 bridgehead atoms. The lowest BCUT2D eigenvalue weighted by Crippen LogP contribution is -3.10. The van der Waals surface area contributed by atoms with Crippen LogP contribution < -0.4 is 17.3 Å². The van der Waals surface area contributed by atoms with Crippen molar-refractivity contribution < 1.29 is 26.5 Å². The van der Waals surface area contributed by atoms with Gasteiger partial charge in [-0.25, -0.2) is 4.39 Å². The van der Waals surface area contributed by atoms with Crippen molar-refractivity contribution in [3.63, 3.8) is 0 Å². The summed E-state index contributed by atoms with van der Waals surface area (Å²) in [6.45, 7) is 3.11. The molecule has 1 saturated carbocycles. The van der Waals surface area contributed by atoms with E-state index in [9.17, 15) is 9.18 Å². The van der Waals surface area contributed by atoms with Crippen molar-refractivity contribution >= 4 is 11.6 Å². The molecular weight excluding hydrogens is 267 g/mol. The summed E-state index contributed by atoms with van der Waals surface area (Å²) < 4.78 is 13.7. The minimum Gasteiger partial charge on any atom is -1.00 e. The first-order valence-corrected chi connectivity index (χ1v) is 6.64. The minimum absolute atomic E-state index is 0. The number of amides is 1. The number of benzene rings is 1. The molecule has 1 aliphatic carbocycles. The second-order valence-corrected chi connectivity index (χ2v) is 5.18. The van der Waals surface area contributed by atoms with Crippen LogP contribution in [-0.4, -0.2) is 37.0 Å². The van der Waals surface area contributed by atoms with Crippen LogP contribution in [0.2, 0.25) is 0 Å².